The molecule has 0 spiro atoms. The second-order valence-corrected chi connectivity index (χ2v) is 7.58. The molecule has 1 unspecified atom stereocenters. The zero-order chi connectivity index (χ0) is 21.9. The molecule has 162 valence electrons. The van der Waals surface area contributed by atoms with E-state index >= 15 is 0 Å². The van der Waals surface area contributed by atoms with Crippen LogP contribution < -0.4 is 10.2 Å². The van der Waals surface area contributed by atoms with Gasteiger partial charge in [-0.25, -0.2) is 29.9 Å². The SMILES string of the molecule is Cc1nccn1-c1cc(NC(=O)C2CCCN(c3cc(-n4ccnc4)ncn3)C2)ncn1. The summed E-state index contributed by atoms with van der Waals surface area (Å²) in [5.41, 5.74) is 0. The monoisotopic (exact) mass is 430 g/mol. The van der Waals surface area contributed by atoms with Crippen LogP contribution in [-0.4, -0.2) is 58.0 Å². The minimum Gasteiger partial charge on any atom is -0.356 e. The molecule has 1 N–H and O–H groups in total. The molecule has 4 aromatic rings. The van der Waals surface area contributed by atoms with Gasteiger partial charge in [0.05, 0.1) is 5.92 Å². The van der Waals surface area contributed by atoms with E-state index < -0.39 is 0 Å². The number of nitrogens with one attached hydrogen (secondary N) is 1. The number of aryl methyl sites for hydroxylation is 1. The van der Waals surface area contributed by atoms with Crippen LogP contribution in [-0.2, 0) is 4.79 Å². The van der Waals surface area contributed by atoms with Crippen LogP contribution in [0.4, 0.5) is 11.6 Å². The van der Waals surface area contributed by atoms with Crippen molar-refractivity contribution in [1.29, 1.82) is 0 Å². The number of hydrogen-bond donors (Lipinski definition) is 1. The van der Waals surface area contributed by atoms with Gasteiger partial charge in [0.25, 0.3) is 0 Å². The Kier molecular flexibility index (Phi) is 5.28. The summed E-state index contributed by atoms with van der Waals surface area (Å²) in [6, 6.07) is 3.65. The van der Waals surface area contributed by atoms with E-state index in [1.807, 2.05) is 34.5 Å². The van der Waals surface area contributed by atoms with Gasteiger partial charge in [-0.15, -0.1) is 0 Å². The predicted molar refractivity (Wildman–Crippen MR) is 117 cm³/mol. The van der Waals surface area contributed by atoms with Crippen LogP contribution in [0.1, 0.15) is 18.7 Å². The highest BCUT2D eigenvalue weighted by Gasteiger charge is 2.27. The van der Waals surface area contributed by atoms with Gasteiger partial charge in [-0.3, -0.25) is 13.9 Å². The fraction of sp³-hybridized carbons (Fsp3) is 0.286. The number of anilines is 2. The van der Waals surface area contributed by atoms with Gasteiger partial charge in [-0.2, -0.15) is 0 Å². The van der Waals surface area contributed by atoms with Gasteiger partial charge in [-0.1, -0.05) is 0 Å². The number of piperidine rings is 1. The number of carbonyl (C=O) groups is 1. The maximum Gasteiger partial charge on any atom is 0.230 e. The lowest BCUT2D eigenvalue weighted by atomic mass is 9.97. The smallest absolute Gasteiger partial charge is 0.230 e. The summed E-state index contributed by atoms with van der Waals surface area (Å²) in [7, 11) is 0. The molecule has 1 fully saturated rings. The molecule has 0 saturated carbocycles. The van der Waals surface area contributed by atoms with Crippen molar-refractivity contribution < 1.29 is 4.79 Å². The summed E-state index contributed by atoms with van der Waals surface area (Å²) in [6.07, 6.45) is 13.4. The van der Waals surface area contributed by atoms with Crippen LogP contribution in [0.5, 0.6) is 0 Å². The molecule has 5 heterocycles. The van der Waals surface area contributed by atoms with Crippen molar-refractivity contribution in [3.8, 4) is 11.6 Å². The van der Waals surface area contributed by atoms with E-state index in [2.05, 4.69) is 40.1 Å². The second-order valence-electron chi connectivity index (χ2n) is 7.58. The van der Waals surface area contributed by atoms with Gasteiger partial charge >= 0.3 is 0 Å². The summed E-state index contributed by atoms with van der Waals surface area (Å²) in [6.45, 7) is 3.30. The third kappa shape index (κ3) is 4.04. The van der Waals surface area contributed by atoms with E-state index in [0.717, 1.165) is 36.8 Å². The summed E-state index contributed by atoms with van der Waals surface area (Å²) >= 11 is 0. The molecule has 0 bridgehead atoms. The van der Waals surface area contributed by atoms with Gasteiger partial charge in [0.1, 0.15) is 48.1 Å². The van der Waals surface area contributed by atoms with Gasteiger partial charge < -0.3 is 10.2 Å². The summed E-state index contributed by atoms with van der Waals surface area (Å²) in [4.78, 5) is 40.6. The van der Waals surface area contributed by atoms with Crippen LogP contribution in [0.3, 0.4) is 0 Å². The average Bonchev–Trinajstić information content (AvgIpc) is 3.52. The molecule has 4 aromatic heterocycles. The second kappa shape index (κ2) is 8.53. The van der Waals surface area contributed by atoms with E-state index in [0.29, 0.717) is 18.2 Å². The standard InChI is InChI=1S/C21H22N10O/c1-15-23-5-8-31(15)20-9-17(24-12-27-20)28-21(32)16-3-2-6-29(11-16)18-10-19(26-13-25-18)30-7-4-22-14-30/h4-5,7-10,12-14,16H,2-3,6,11H2,1H3,(H,24,27,28,32). The fourth-order valence-corrected chi connectivity index (χ4v) is 3.84. The molecule has 1 saturated heterocycles. The highest BCUT2D eigenvalue weighted by Crippen LogP contribution is 2.24. The molecule has 0 aromatic carbocycles. The Morgan fingerprint density at radius 3 is 2.66 bits per heavy atom. The first-order valence-corrected chi connectivity index (χ1v) is 10.4. The first kappa shape index (κ1) is 19.8. The number of nitrogens with zero attached hydrogens (tertiary/aromatic N) is 9. The van der Waals surface area contributed by atoms with Crippen molar-refractivity contribution in [1.82, 2.24) is 39.0 Å². The largest absolute Gasteiger partial charge is 0.356 e. The first-order valence-electron chi connectivity index (χ1n) is 10.4. The molecule has 5 rings (SSSR count). The lowest BCUT2D eigenvalue weighted by molar-refractivity contribution is -0.120. The molecular weight excluding hydrogens is 408 g/mol. The maximum atomic E-state index is 13.0. The highest BCUT2D eigenvalue weighted by molar-refractivity contribution is 5.92. The Labute approximate surface area is 184 Å². The molecular formula is C21H22N10O. The number of imidazole rings is 2. The topological polar surface area (TPSA) is 120 Å². The third-order valence-corrected chi connectivity index (χ3v) is 5.50. The molecule has 11 heteroatoms. The molecule has 0 radical (unpaired) electrons. The minimum atomic E-state index is -0.177. The van der Waals surface area contributed by atoms with E-state index in [-0.39, 0.29) is 11.8 Å². The molecule has 1 amide bonds. The normalized spacial score (nSPS) is 16.2. The van der Waals surface area contributed by atoms with Gasteiger partial charge in [0, 0.05) is 50.0 Å². The highest BCUT2D eigenvalue weighted by atomic mass is 16.2. The van der Waals surface area contributed by atoms with Crippen LogP contribution in [0.25, 0.3) is 11.6 Å². The van der Waals surface area contributed by atoms with Crippen molar-refractivity contribution in [2.24, 2.45) is 5.92 Å². The number of amides is 1. The van der Waals surface area contributed by atoms with Crippen molar-refractivity contribution in [2.75, 3.05) is 23.3 Å². The molecule has 0 aliphatic carbocycles. The Hall–Kier alpha value is -4.15. The van der Waals surface area contributed by atoms with E-state index in [4.69, 9.17) is 0 Å². The van der Waals surface area contributed by atoms with Crippen LogP contribution in [0.2, 0.25) is 0 Å². The Bertz CT molecular complexity index is 1220. The van der Waals surface area contributed by atoms with Gasteiger partial charge in [0.2, 0.25) is 5.91 Å². The Morgan fingerprint density at radius 1 is 1.00 bits per heavy atom. The predicted octanol–water partition coefficient (Wildman–Crippen LogP) is 1.80. The minimum absolute atomic E-state index is 0.0643. The number of rotatable bonds is 5. The van der Waals surface area contributed by atoms with Crippen molar-refractivity contribution in [3.63, 3.8) is 0 Å². The number of carbonyl (C=O) groups excluding carboxylic acids is 1. The molecule has 32 heavy (non-hydrogen) atoms. The molecule has 1 aliphatic heterocycles. The van der Waals surface area contributed by atoms with Crippen LogP contribution in [0, 0.1) is 12.8 Å². The molecule has 11 nitrogen and oxygen atoms in total. The maximum absolute atomic E-state index is 13.0. The summed E-state index contributed by atoms with van der Waals surface area (Å²) in [5, 5.41) is 2.94. The Morgan fingerprint density at radius 2 is 1.84 bits per heavy atom. The first-order chi connectivity index (χ1) is 15.7. The van der Waals surface area contributed by atoms with Crippen LogP contribution >= 0.6 is 0 Å². The third-order valence-electron chi connectivity index (χ3n) is 5.50. The lowest BCUT2D eigenvalue weighted by Crippen LogP contribution is -2.41. The van der Waals surface area contributed by atoms with Crippen molar-refractivity contribution in [2.45, 2.75) is 19.8 Å². The number of aromatic nitrogens is 8. The number of hydrogen-bond acceptors (Lipinski definition) is 8. The Balaban J connectivity index is 1.29. The zero-order valence-corrected chi connectivity index (χ0v) is 17.5. The van der Waals surface area contributed by atoms with Crippen molar-refractivity contribution >= 4 is 17.5 Å². The lowest BCUT2D eigenvalue weighted by Gasteiger charge is -2.32. The quantitative estimate of drug-likeness (QED) is 0.509. The summed E-state index contributed by atoms with van der Waals surface area (Å²) in [5.74, 6) is 3.22. The molecule has 1 aliphatic rings. The fourth-order valence-electron chi connectivity index (χ4n) is 3.84. The van der Waals surface area contributed by atoms with Gasteiger partial charge in [-0.05, 0) is 19.8 Å². The van der Waals surface area contributed by atoms with E-state index in [1.54, 1.807) is 24.8 Å². The van der Waals surface area contributed by atoms with Crippen LogP contribution in [0.15, 0.2) is 55.9 Å². The zero-order valence-electron chi connectivity index (χ0n) is 17.5. The average molecular weight is 430 g/mol. The van der Waals surface area contributed by atoms with E-state index in [9.17, 15) is 4.79 Å². The molecule has 1 atom stereocenters. The summed E-state index contributed by atoms with van der Waals surface area (Å²) < 4.78 is 3.67. The van der Waals surface area contributed by atoms with E-state index in [1.165, 1.54) is 12.7 Å². The van der Waals surface area contributed by atoms with Gasteiger partial charge in [0.15, 0.2) is 0 Å². The van der Waals surface area contributed by atoms with Crippen molar-refractivity contribution in [3.05, 3.63) is 61.7 Å².